The number of aliphatic hydroxyl groups is 1. The Labute approximate surface area is 271 Å². The third kappa shape index (κ3) is 7.43. The fourth-order valence-electron chi connectivity index (χ4n) is 5.31. The average molecular weight is 635 g/mol. The van der Waals surface area contributed by atoms with Crippen LogP contribution in [-0.4, -0.2) is 38.7 Å². The van der Waals surface area contributed by atoms with E-state index in [2.05, 4.69) is 27.5 Å². The predicted octanol–water partition coefficient (Wildman–Crippen LogP) is 6.92. The summed E-state index contributed by atoms with van der Waals surface area (Å²) in [6.07, 6.45) is 0.444. The standard InChI is InChI=1S/C36H34N4O5S/c1-22-33(21-46-29-17-15-27(16-18-29)38-23(2)42)44-36(45-34(22)25-9-7-24(20-41)8-10-25)26-11-13-28(14-12-26)39-35(43)32-19-37-30-5-3-4-6-31(30)40-32/h3-19,22,33-34,36,41H,20-21H2,1-2H3,(H,38,42)(H,39,43)/t22-,33+,34+,36+/m0/s1. The molecule has 46 heavy (non-hydrogen) atoms. The minimum Gasteiger partial charge on any atom is -0.392 e. The van der Waals surface area contributed by atoms with Crippen molar-refractivity contribution in [3.8, 4) is 0 Å². The van der Waals surface area contributed by atoms with E-state index in [1.54, 1.807) is 11.8 Å². The minimum atomic E-state index is -0.637. The number of fused-ring (bicyclic) bond motifs is 1. The molecule has 9 nitrogen and oxygen atoms in total. The second-order valence-corrected chi connectivity index (χ2v) is 12.3. The molecule has 4 atom stereocenters. The van der Waals surface area contributed by atoms with Gasteiger partial charge in [0.2, 0.25) is 5.91 Å². The average Bonchev–Trinajstić information content (AvgIpc) is 3.08. The number of nitrogens with one attached hydrogen (secondary N) is 2. The van der Waals surface area contributed by atoms with Crippen LogP contribution in [0.15, 0.2) is 108 Å². The van der Waals surface area contributed by atoms with Gasteiger partial charge in [0.1, 0.15) is 5.69 Å². The Morgan fingerprint density at radius 3 is 2.17 bits per heavy atom. The summed E-state index contributed by atoms with van der Waals surface area (Å²) < 4.78 is 13.1. The van der Waals surface area contributed by atoms with Crippen molar-refractivity contribution in [1.82, 2.24) is 9.97 Å². The van der Waals surface area contributed by atoms with E-state index < -0.39 is 6.29 Å². The van der Waals surface area contributed by atoms with E-state index in [0.29, 0.717) is 17.0 Å². The lowest BCUT2D eigenvalue weighted by Crippen LogP contribution is -2.38. The first-order valence-corrected chi connectivity index (χ1v) is 16.0. The van der Waals surface area contributed by atoms with Crippen molar-refractivity contribution in [1.29, 1.82) is 0 Å². The highest BCUT2D eigenvalue weighted by Gasteiger charge is 2.38. The number of carbonyl (C=O) groups is 2. The second kappa shape index (κ2) is 14.2. The molecule has 0 spiro atoms. The molecule has 5 aromatic rings. The molecule has 234 valence electrons. The number of anilines is 2. The first-order chi connectivity index (χ1) is 22.4. The summed E-state index contributed by atoms with van der Waals surface area (Å²) in [5.41, 5.74) is 5.64. The molecule has 0 aliphatic carbocycles. The number of benzene rings is 4. The molecule has 6 rings (SSSR count). The quantitative estimate of drug-likeness (QED) is 0.150. The Kier molecular flexibility index (Phi) is 9.70. The zero-order valence-corrected chi connectivity index (χ0v) is 26.2. The highest BCUT2D eigenvalue weighted by atomic mass is 32.2. The van der Waals surface area contributed by atoms with Crippen LogP contribution >= 0.6 is 11.8 Å². The summed E-state index contributed by atoms with van der Waals surface area (Å²) >= 11 is 1.68. The number of rotatable bonds is 9. The van der Waals surface area contributed by atoms with E-state index in [1.807, 2.05) is 97.1 Å². The van der Waals surface area contributed by atoms with Crippen LogP contribution in [0.5, 0.6) is 0 Å². The third-order valence-electron chi connectivity index (χ3n) is 7.83. The van der Waals surface area contributed by atoms with Crippen molar-refractivity contribution < 1.29 is 24.2 Å². The molecule has 10 heteroatoms. The number of hydrogen-bond donors (Lipinski definition) is 3. The Bertz CT molecular complexity index is 1820. The van der Waals surface area contributed by atoms with Crippen molar-refractivity contribution in [2.24, 2.45) is 5.92 Å². The van der Waals surface area contributed by atoms with Crippen LogP contribution in [0.4, 0.5) is 11.4 Å². The molecule has 3 N–H and O–H groups in total. The van der Waals surface area contributed by atoms with Crippen LogP contribution in [0.1, 0.15) is 53.4 Å². The zero-order chi connectivity index (χ0) is 32.0. The normalized spacial score (nSPS) is 19.5. The summed E-state index contributed by atoms with van der Waals surface area (Å²) in [7, 11) is 0. The van der Waals surface area contributed by atoms with Crippen molar-refractivity contribution in [3.05, 3.63) is 126 Å². The van der Waals surface area contributed by atoms with E-state index in [4.69, 9.17) is 9.47 Å². The van der Waals surface area contributed by atoms with Gasteiger partial charge < -0.3 is 25.2 Å². The number of amides is 2. The molecule has 2 heterocycles. The molecule has 0 radical (unpaired) electrons. The highest BCUT2D eigenvalue weighted by Crippen LogP contribution is 2.43. The Morgan fingerprint density at radius 2 is 1.48 bits per heavy atom. The molecular formula is C36H34N4O5S. The maximum atomic E-state index is 12.9. The fraction of sp³-hybridized carbons (Fsp3) is 0.222. The van der Waals surface area contributed by atoms with Crippen molar-refractivity contribution >= 4 is 46.0 Å². The summed E-state index contributed by atoms with van der Waals surface area (Å²) in [4.78, 5) is 34.1. The SMILES string of the molecule is CC(=O)Nc1ccc(SC[C@H]2O[C@@H](c3ccc(NC(=O)c4cnc5ccccc5n4)cc3)O[C@@H](c3ccc(CO)cc3)[C@H]2C)cc1. The lowest BCUT2D eigenvalue weighted by Gasteiger charge is -2.41. The van der Waals surface area contributed by atoms with Gasteiger partial charge in [-0.25, -0.2) is 4.98 Å². The van der Waals surface area contributed by atoms with Gasteiger partial charge in [0.15, 0.2) is 6.29 Å². The Balaban J connectivity index is 1.18. The highest BCUT2D eigenvalue weighted by molar-refractivity contribution is 7.99. The van der Waals surface area contributed by atoms with Crippen LogP contribution in [-0.2, 0) is 20.9 Å². The van der Waals surface area contributed by atoms with Crippen LogP contribution < -0.4 is 10.6 Å². The summed E-state index contributed by atoms with van der Waals surface area (Å²) in [6, 6.07) is 30.4. The van der Waals surface area contributed by atoms with Crippen LogP contribution in [0.25, 0.3) is 11.0 Å². The Hall–Kier alpha value is -4.61. The Morgan fingerprint density at radius 1 is 0.826 bits per heavy atom. The minimum absolute atomic E-state index is 0.0244. The number of ether oxygens (including phenoxy) is 2. The lowest BCUT2D eigenvalue weighted by molar-refractivity contribution is -0.268. The second-order valence-electron chi connectivity index (χ2n) is 11.2. The summed E-state index contributed by atoms with van der Waals surface area (Å²) in [5, 5.41) is 15.2. The van der Waals surface area contributed by atoms with Crippen LogP contribution in [0.2, 0.25) is 0 Å². The van der Waals surface area contributed by atoms with E-state index in [-0.39, 0.29) is 42.2 Å². The van der Waals surface area contributed by atoms with Crippen molar-refractivity contribution in [2.45, 2.75) is 43.8 Å². The number of carbonyl (C=O) groups excluding carboxylic acids is 2. The van der Waals surface area contributed by atoms with Gasteiger partial charge in [0.05, 0.1) is 36.0 Å². The molecule has 1 fully saturated rings. The maximum absolute atomic E-state index is 12.9. The molecule has 1 aliphatic heterocycles. The predicted molar refractivity (Wildman–Crippen MR) is 178 cm³/mol. The number of aliphatic hydroxyl groups excluding tert-OH is 1. The molecule has 2 amide bonds. The number of para-hydroxylation sites is 2. The molecular weight excluding hydrogens is 600 g/mol. The molecule has 0 saturated carbocycles. The first kappa shape index (κ1) is 31.4. The molecule has 1 saturated heterocycles. The largest absolute Gasteiger partial charge is 0.392 e. The number of aromatic nitrogens is 2. The van der Waals surface area contributed by atoms with Gasteiger partial charge in [-0.15, -0.1) is 11.8 Å². The van der Waals surface area contributed by atoms with Gasteiger partial charge in [-0.1, -0.05) is 55.5 Å². The number of nitrogens with zero attached hydrogens (tertiary/aromatic N) is 2. The number of thioether (sulfide) groups is 1. The number of hydrogen-bond acceptors (Lipinski definition) is 8. The van der Waals surface area contributed by atoms with Gasteiger partial charge >= 0.3 is 0 Å². The van der Waals surface area contributed by atoms with E-state index in [9.17, 15) is 14.7 Å². The molecule has 1 aromatic heterocycles. The smallest absolute Gasteiger partial charge is 0.275 e. The topological polar surface area (TPSA) is 123 Å². The maximum Gasteiger partial charge on any atom is 0.275 e. The summed E-state index contributed by atoms with van der Waals surface area (Å²) in [5.74, 6) is 0.262. The van der Waals surface area contributed by atoms with Crippen LogP contribution in [0.3, 0.4) is 0 Å². The third-order valence-corrected chi connectivity index (χ3v) is 8.93. The summed E-state index contributed by atoms with van der Waals surface area (Å²) in [6.45, 7) is 3.59. The van der Waals surface area contributed by atoms with E-state index >= 15 is 0 Å². The lowest BCUT2D eigenvalue weighted by atomic mass is 9.91. The van der Waals surface area contributed by atoms with Gasteiger partial charge in [-0.3, -0.25) is 14.6 Å². The van der Waals surface area contributed by atoms with Gasteiger partial charge in [0.25, 0.3) is 5.91 Å². The van der Waals surface area contributed by atoms with Gasteiger partial charge in [0, 0.05) is 40.4 Å². The molecule has 1 aliphatic rings. The van der Waals surface area contributed by atoms with E-state index in [1.165, 1.54) is 13.1 Å². The first-order valence-electron chi connectivity index (χ1n) is 15.0. The molecule has 0 bridgehead atoms. The molecule has 0 unspecified atom stereocenters. The van der Waals surface area contributed by atoms with Crippen LogP contribution in [0, 0.1) is 5.92 Å². The monoisotopic (exact) mass is 634 g/mol. The zero-order valence-electron chi connectivity index (χ0n) is 25.4. The van der Waals surface area contributed by atoms with Crippen molar-refractivity contribution in [2.75, 3.05) is 16.4 Å². The molecule has 4 aromatic carbocycles. The fourth-order valence-corrected chi connectivity index (χ4v) is 6.38. The van der Waals surface area contributed by atoms with Gasteiger partial charge in [-0.2, -0.15) is 0 Å². The van der Waals surface area contributed by atoms with Crippen molar-refractivity contribution in [3.63, 3.8) is 0 Å². The van der Waals surface area contributed by atoms with Gasteiger partial charge in [-0.05, 0) is 59.7 Å². The van der Waals surface area contributed by atoms with E-state index in [0.717, 1.165) is 32.8 Å².